The number of nitrogens with zero attached hydrogens (tertiary/aromatic N) is 4. The number of hydrogen-bond donors (Lipinski definition) is 0. The van der Waals surface area contributed by atoms with Gasteiger partial charge in [0.25, 0.3) is 0 Å². The first kappa shape index (κ1) is 50.3. The number of hydrogen-bond acceptors (Lipinski definition) is 2. The summed E-state index contributed by atoms with van der Waals surface area (Å²) in [5.74, 6) is 0. The van der Waals surface area contributed by atoms with E-state index >= 15 is 0 Å². The maximum absolute atomic E-state index is 2.43. The van der Waals surface area contributed by atoms with E-state index in [1.54, 1.807) is 0 Å². The third kappa shape index (κ3) is 8.96. The van der Waals surface area contributed by atoms with Crippen LogP contribution in [-0.2, 0) is 0 Å². The van der Waals surface area contributed by atoms with Gasteiger partial charge >= 0.3 is 0 Å². The maximum Gasteiger partial charge on any atom is 0.0541 e. The van der Waals surface area contributed by atoms with Crippen LogP contribution in [0.3, 0.4) is 0 Å². The summed E-state index contributed by atoms with van der Waals surface area (Å²) in [6.07, 6.45) is 0. The molecule has 0 spiro atoms. The molecule has 0 N–H and O–H groups in total. The molecular formula is C82H56N4. The van der Waals surface area contributed by atoms with Gasteiger partial charge in [0, 0.05) is 66.7 Å². The maximum atomic E-state index is 2.43. The predicted molar refractivity (Wildman–Crippen MR) is 364 cm³/mol. The zero-order valence-corrected chi connectivity index (χ0v) is 47.1. The lowest BCUT2D eigenvalue weighted by atomic mass is 10.0. The van der Waals surface area contributed by atoms with E-state index in [-0.39, 0.29) is 0 Å². The van der Waals surface area contributed by atoms with Gasteiger partial charge in [0.1, 0.15) is 0 Å². The molecule has 86 heavy (non-hydrogen) atoms. The van der Waals surface area contributed by atoms with E-state index in [4.69, 9.17) is 0 Å². The number of anilines is 6. The lowest BCUT2D eigenvalue weighted by Gasteiger charge is -2.30. The monoisotopic (exact) mass is 1100 g/mol. The van der Waals surface area contributed by atoms with Gasteiger partial charge in [0.2, 0.25) is 0 Å². The molecule has 14 aromatic carbocycles. The summed E-state index contributed by atoms with van der Waals surface area (Å²) in [4.78, 5) is 4.79. The third-order valence-corrected chi connectivity index (χ3v) is 17.1. The van der Waals surface area contributed by atoms with Gasteiger partial charge in [0.05, 0.1) is 27.8 Å². The van der Waals surface area contributed by atoms with Crippen LogP contribution in [0.1, 0.15) is 0 Å². The van der Waals surface area contributed by atoms with E-state index in [1.165, 1.54) is 76.8 Å². The Bertz CT molecular complexity index is 4930. The normalized spacial score (nSPS) is 11.5. The Labute approximate surface area is 500 Å². The molecule has 0 amide bonds. The van der Waals surface area contributed by atoms with Crippen molar-refractivity contribution in [1.82, 2.24) is 9.13 Å². The van der Waals surface area contributed by atoms with Crippen LogP contribution in [-0.4, -0.2) is 9.13 Å². The lowest BCUT2D eigenvalue weighted by Crippen LogP contribution is -2.13. The summed E-state index contributed by atoms with van der Waals surface area (Å²) >= 11 is 0. The molecule has 0 aliphatic rings. The summed E-state index contributed by atoms with van der Waals surface area (Å²) in [7, 11) is 0. The highest BCUT2D eigenvalue weighted by molar-refractivity contribution is 6.13. The highest BCUT2D eigenvalue weighted by Crippen LogP contribution is 2.45. The van der Waals surface area contributed by atoms with Gasteiger partial charge in [-0.25, -0.2) is 0 Å². The third-order valence-electron chi connectivity index (χ3n) is 17.1. The fourth-order valence-electron chi connectivity index (χ4n) is 13.0. The van der Waals surface area contributed by atoms with Gasteiger partial charge in [0.15, 0.2) is 0 Å². The summed E-state index contributed by atoms with van der Waals surface area (Å²) < 4.78 is 4.85. The van der Waals surface area contributed by atoms with Crippen molar-refractivity contribution in [3.8, 4) is 55.9 Å². The molecule has 0 radical (unpaired) electrons. The zero-order valence-electron chi connectivity index (χ0n) is 47.1. The quantitative estimate of drug-likeness (QED) is 0.121. The van der Waals surface area contributed by atoms with E-state index in [9.17, 15) is 0 Å². The molecule has 2 heterocycles. The summed E-state index contributed by atoms with van der Waals surface area (Å²) in [5.41, 5.74) is 22.8. The van der Waals surface area contributed by atoms with Gasteiger partial charge in [-0.3, -0.25) is 0 Å². The van der Waals surface area contributed by atoms with E-state index in [0.717, 1.165) is 67.6 Å². The molecule has 0 fully saturated rings. The van der Waals surface area contributed by atoms with Crippen LogP contribution in [0.15, 0.2) is 340 Å². The number of benzene rings is 14. The molecule has 16 aromatic rings. The first-order valence-electron chi connectivity index (χ1n) is 29.5. The van der Waals surface area contributed by atoms with E-state index < -0.39 is 0 Å². The van der Waals surface area contributed by atoms with Crippen molar-refractivity contribution in [2.75, 3.05) is 9.80 Å². The Hall–Kier alpha value is -11.5. The minimum absolute atomic E-state index is 1.04. The van der Waals surface area contributed by atoms with Crippen molar-refractivity contribution in [2.24, 2.45) is 0 Å². The molecule has 0 bridgehead atoms. The largest absolute Gasteiger partial charge is 0.310 e. The van der Waals surface area contributed by atoms with Crippen molar-refractivity contribution in [3.05, 3.63) is 340 Å². The van der Waals surface area contributed by atoms with Crippen LogP contribution in [0.25, 0.3) is 110 Å². The molecule has 4 heteroatoms. The number of fused-ring (bicyclic) bond motifs is 7. The summed E-state index contributed by atoms with van der Waals surface area (Å²) in [6.45, 7) is 0. The highest BCUT2D eigenvalue weighted by atomic mass is 15.2. The molecular weight excluding hydrogens is 1040 g/mol. The Kier molecular flexibility index (Phi) is 12.5. The van der Waals surface area contributed by atoms with E-state index in [2.05, 4.69) is 359 Å². The first-order valence-corrected chi connectivity index (χ1v) is 29.5. The van der Waals surface area contributed by atoms with Crippen LogP contribution in [0.4, 0.5) is 34.1 Å². The molecule has 404 valence electrons. The van der Waals surface area contributed by atoms with Crippen LogP contribution in [0, 0.1) is 0 Å². The predicted octanol–water partition coefficient (Wildman–Crippen LogP) is 22.6. The fraction of sp³-hybridized carbons (Fsp3) is 0. The lowest BCUT2D eigenvalue weighted by molar-refractivity contribution is 1.17. The Balaban J connectivity index is 0.807. The molecule has 0 saturated carbocycles. The SMILES string of the molecule is c1ccc(-c2ccc3c(c2)c2cc(-c4ccccc4)ccc2n3-c2ccc(N(c3ccccc3)c3cccc(N(c4ccc(-n5c6ccc(-c7ccccc7)cc6c6cc(-c7ccccc7)ccc65)cc4)c4cccc5ccccc45)c3)cc2)cc1. The van der Waals surface area contributed by atoms with Crippen LogP contribution in [0.5, 0.6) is 0 Å². The Morgan fingerprint density at radius 2 is 0.500 bits per heavy atom. The Morgan fingerprint density at radius 3 is 0.919 bits per heavy atom. The van der Waals surface area contributed by atoms with Gasteiger partial charge in [-0.2, -0.15) is 0 Å². The molecule has 4 nitrogen and oxygen atoms in total. The zero-order chi connectivity index (χ0) is 56.9. The van der Waals surface area contributed by atoms with Crippen molar-refractivity contribution in [1.29, 1.82) is 0 Å². The van der Waals surface area contributed by atoms with Crippen LogP contribution < -0.4 is 9.80 Å². The highest BCUT2D eigenvalue weighted by Gasteiger charge is 2.22. The van der Waals surface area contributed by atoms with Crippen molar-refractivity contribution < 1.29 is 0 Å². The van der Waals surface area contributed by atoms with E-state index in [1.807, 2.05) is 0 Å². The average molecular weight is 1100 g/mol. The minimum atomic E-state index is 1.04. The molecule has 0 aliphatic heterocycles. The molecule has 16 rings (SSSR count). The summed E-state index contributed by atoms with van der Waals surface area (Å²) in [5, 5.41) is 7.23. The minimum Gasteiger partial charge on any atom is -0.310 e. The number of rotatable bonds is 12. The molecule has 0 atom stereocenters. The Morgan fingerprint density at radius 1 is 0.186 bits per heavy atom. The topological polar surface area (TPSA) is 16.3 Å². The average Bonchev–Trinajstić information content (AvgIpc) is 1.81. The van der Waals surface area contributed by atoms with Crippen LogP contribution >= 0.6 is 0 Å². The molecule has 0 aliphatic carbocycles. The molecule has 0 unspecified atom stereocenters. The number of aromatic nitrogens is 2. The second-order valence-electron chi connectivity index (χ2n) is 22.1. The summed E-state index contributed by atoms with van der Waals surface area (Å²) in [6, 6.07) is 124. The smallest absolute Gasteiger partial charge is 0.0541 e. The second kappa shape index (κ2) is 21.4. The second-order valence-corrected chi connectivity index (χ2v) is 22.1. The number of para-hydroxylation sites is 1. The van der Waals surface area contributed by atoms with Crippen molar-refractivity contribution >= 4 is 88.5 Å². The van der Waals surface area contributed by atoms with Gasteiger partial charge in [-0.1, -0.05) is 206 Å². The molecule has 0 saturated heterocycles. The van der Waals surface area contributed by atoms with Gasteiger partial charge < -0.3 is 18.9 Å². The van der Waals surface area contributed by atoms with Crippen molar-refractivity contribution in [2.45, 2.75) is 0 Å². The molecule has 2 aromatic heterocycles. The van der Waals surface area contributed by atoms with Crippen LogP contribution in [0.2, 0.25) is 0 Å². The van der Waals surface area contributed by atoms with E-state index in [0.29, 0.717) is 0 Å². The first-order chi connectivity index (χ1) is 42.6. The standard InChI is InChI=1S/C82H56N4/c1-6-20-57(21-7-1)62-36-48-79-74(52-62)75-53-63(58-22-8-2-9-23-58)37-49-80(75)85(79)69-44-40-67(41-45-69)83(66-30-14-5-15-31-66)71-32-19-33-72(56-71)84(78-35-18-29-61-28-16-17-34-73(61)78)68-42-46-70(47-43-68)86-81-50-38-64(59-24-10-3-11-25-59)54-76(81)77-55-65(39-51-82(77)86)60-26-12-4-13-27-60/h1-56H. The van der Waals surface area contributed by atoms with Crippen molar-refractivity contribution in [3.63, 3.8) is 0 Å². The van der Waals surface area contributed by atoms with Gasteiger partial charge in [-0.05, 0) is 183 Å². The fourth-order valence-corrected chi connectivity index (χ4v) is 13.0. The van der Waals surface area contributed by atoms with Gasteiger partial charge in [-0.15, -0.1) is 0 Å².